The summed E-state index contributed by atoms with van der Waals surface area (Å²) >= 11 is 0. The van der Waals surface area contributed by atoms with Gasteiger partial charge >= 0.3 is 0 Å². The Kier molecular flexibility index (Phi) is 5.71. The fourth-order valence-corrected chi connectivity index (χ4v) is 3.20. The molecule has 1 fully saturated rings. The first-order chi connectivity index (χ1) is 12.5. The van der Waals surface area contributed by atoms with Crippen LogP contribution in [0.4, 0.5) is 0 Å². The van der Waals surface area contributed by atoms with Crippen LogP contribution in [0.1, 0.15) is 33.5 Å². The number of aryl methyl sites for hydroxylation is 3. The molecule has 4 heteroatoms. The predicted octanol–water partition coefficient (Wildman–Crippen LogP) is 3.22. The van der Waals surface area contributed by atoms with E-state index in [0.29, 0.717) is 32.6 Å². The minimum Gasteiger partial charge on any atom is -0.339 e. The van der Waals surface area contributed by atoms with E-state index in [0.717, 1.165) is 17.5 Å². The fourth-order valence-electron chi connectivity index (χ4n) is 3.20. The largest absolute Gasteiger partial charge is 0.339 e. The Hall–Kier alpha value is -2.62. The Morgan fingerprint density at radius 3 is 1.85 bits per heavy atom. The van der Waals surface area contributed by atoms with Gasteiger partial charge in [0.1, 0.15) is 0 Å². The Morgan fingerprint density at radius 2 is 1.27 bits per heavy atom. The normalized spacial score (nSPS) is 14.4. The minimum atomic E-state index is 0.0526. The molecule has 1 aliphatic heterocycles. The summed E-state index contributed by atoms with van der Waals surface area (Å²) in [6.07, 6.45) is 1.29. The van der Waals surface area contributed by atoms with Crippen molar-refractivity contribution in [1.82, 2.24) is 9.80 Å². The van der Waals surface area contributed by atoms with Crippen molar-refractivity contribution in [3.63, 3.8) is 0 Å². The number of nitrogens with zero attached hydrogens (tertiary/aromatic N) is 2. The Labute approximate surface area is 155 Å². The van der Waals surface area contributed by atoms with Crippen molar-refractivity contribution in [3.8, 4) is 0 Å². The van der Waals surface area contributed by atoms with Crippen LogP contribution in [-0.4, -0.2) is 47.8 Å². The van der Waals surface area contributed by atoms with E-state index in [1.54, 1.807) is 0 Å². The smallest absolute Gasteiger partial charge is 0.253 e. The molecule has 136 valence electrons. The number of carbonyl (C=O) groups is 2. The maximum absolute atomic E-state index is 12.5. The van der Waals surface area contributed by atoms with E-state index in [1.165, 1.54) is 11.1 Å². The van der Waals surface area contributed by atoms with Gasteiger partial charge in [0.25, 0.3) is 5.91 Å². The third-order valence-corrected chi connectivity index (χ3v) is 4.97. The number of amides is 2. The van der Waals surface area contributed by atoms with Crippen LogP contribution in [0, 0.1) is 13.8 Å². The van der Waals surface area contributed by atoms with Gasteiger partial charge in [-0.2, -0.15) is 0 Å². The number of rotatable bonds is 4. The zero-order valence-electron chi connectivity index (χ0n) is 15.6. The summed E-state index contributed by atoms with van der Waals surface area (Å²) in [4.78, 5) is 28.7. The third-order valence-electron chi connectivity index (χ3n) is 4.97. The van der Waals surface area contributed by atoms with Crippen LogP contribution in [0.15, 0.2) is 48.5 Å². The lowest BCUT2D eigenvalue weighted by Crippen LogP contribution is -2.50. The maximum Gasteiger partial charge on any atom is 0.253 e. The molecule has 3 rings (SSSR count). The second-order valence-corrected chi connectivity index (χ2v) is 7.02. The van der Waals surface area contributed by atoms with E-state index in [2.05, 4.69) is 31.2 Å². The van der Waals surface area contributed by atoms with Gasteiger partial charge in [-0.05, 0) is 38.0 Å². The molecule has 0 atom stereocenters. The summed E-state index contributed by atoms with van der Waals surface area (Å²) in [5.74, 6) is 0.227. The number of carbonyl (C=O) groups excluding carboxylic acids is 2. The van der Waals surface area contributed by atoms with E-state index >= 15 is 0 Å². The van der Waals surface area contributed by atoms with Crippen molar-refractivity contribution in [2.75, 3.05) is 26.2 Å². The van der Waals surface area contributed by atoms with E-state index in [1.807, 2.05) is 41.0 Å². The molecule has 0 aliphatic carbocycles. The average molecular weight is 350 g/mol. The zero-order valence-corrected chi connectivity index (χ0v) is 15.6. The Balaban J connectivity index is 1.48. The van der Waals surface area contributed by atoms with Crippen LogP contribution in [0.3, 0.4) is 0 Å². The number of hydrogen-bond acceptors (Lipinski definition) is 2. The lowest BCUT2D eigenvalue weighted by Gasteiger charge is -2.35. The van der Waals surface area contributed by atoms with Crippen LogP contribution in [-0.2, 0) is 11.2 Å². The van der Waals surface area contributed by atoms with Crippen molar-refractivity contribution in [2.45, 2.75) is 26.7 Å². The number of benzene rings is 2. The highest BCUT2D eigenvalue weighted by molar-refractivity contribution is 5.94. The van der Waals surface area contributed by atoms with Crippen molar-refractivity contribution in [3.05, 3.63) is 70.8 Å². The van der Waals surface area contributed by atoms with Gasteiger partial charge in [-0.25, -0.2) is 0 Å². The van der Waals surface area contributed by atoms with Gasteiger partial charge in [-0.1, -0.05) is 47.5 Å². The molecule has 0 bridgehead atoms. The second-order valence-electron chi connectivity index (χ2n) is 7.02. The van der Waals surface area contributed by atoms with Crippen molar-refractivity contribution in [2.24, 2.45) is 0 Å². The minimum absolute atomic E-state index is 0.0526. The van der Waals surface area contributed by atoms with Crippen LogP contribution in [0.2, 0.25) is 0 Å². The highest BCUT2D eigenvalue weighted by Crippen LogP contribution is 2.12. The summed E-state index contributed by atoms with van der Waals surface area (Å²) in [5.41, 5.74) is 4.28. The molecule has 0 aromatic heterocycles. The highest BCUT2D eigenvalue weighted by atomic mass is 16.2. The summed E-state index contributed by atoms with van der Waals surface area (Å²) < 4.78 is 0. The van der Waals surface area contributed by atoms with Gasteiger partial charge in [-0.3, -0.25) is 9.59 Å². The summed E-state index contributed by atoms with van der Waals surface area (Å²) in [5, 5.41) is 0. The molecule has 2 aromatic carbocycles. The standard InChI is InChI=1S/C22H26N2O2/c1-17-3-7-19(8-4-17)9-12-21(25)23-13-15-24(16-14-23)22(26)20-10-5-18(2)6-11-20/h3-8,10-11H,9,12-16H2,1-2H3. The van der Waals surface area contributed by atoms with Gasteiger partial charge in [0, 0.05) is 38.2 Å². The summed E-state index contributed by atoms with van der Waals surface area (Å²) in [7, 11) is 0. The molecular weight excluding hydrogens is 324 g/mol. The molecule has 0 saturated carbocycles. The first-order valence-electron chi connectivity index (χ1n) is 9.22. The Morgan fingerprint density at radius 1 is 0.769 bits per heavy atom. The number of piperazine rings is 1. The molecular formula is C22H26N2O2. The molecule has 26 heavy (non-hydrogen) atoms. The van der Waals surface area contributed by atoms with Gasteiger partial charge in [0.15, 0.2) is 0 Å². The van der Waals surface area contributed by atoms with Crippen LogP contribution < -0.4 is 0 Å². The molecule has 1 aliphatic rings. The van der Waals surface area contributed by atoms with E-state index in [4.69, 9.17) is 0 Å². The lowest BCUT2D eigenvalue weighted by molar-refractivity contribution is -0.132. The first kappa shape index (κ1) is 18.2. The topological polar surface area (TPSA) is 40.6 Å². The van der Waals surface area contributed by atoms with Gasteiger partial charge in [0.2, 0.25) is 5.91 Å². The quantitative estimate of drug-likeness (QED) is 0.849. The molecule has 1 saturated heterocycles. The molecule has 0 spiro atoms. The molecule has 1 heterocycles. The monoisotopic (exact) mass is 350 g/mol. The molecule has 2 aromatic rings. The fraction of sp³-hybridized carbons (Fsp3) is 0.364. The number of hydrogen-bond donors (Lipinski definition) is 0. The maximum atomic E-state index is 12.5. The third kappa shape index (κ3) is 4.51. The molecule has 0 radical (unpaired) electrons. The molecule has 2 amide bonds. The van der Waals surface area contributed by atoms with Crippen molar-refractivity contribution < 1.29 is 9.59 Å². The first-order valence-corrected chi connectivity index (χ1v) is 9.22. The van der Waals surface area contributed by atoms with Gasteiger partial charge in [0.05, 0.1) is 0 Å². The molecule has 4 nitrogen and oxygen atoms in total. The van der Waals surface area contributed by atoms with Crippen LogP contribution in [0.5, 0.6) is 0 Å². The van der Waals surface area contributed by atoms with Crippen LogP contribution >= 0.6 is 0 Å². The summed E-state index contributed by atoms with van der Waals surface area (Å²) in [6, 6.07) is 16.0. The SMILES string of the molecule is Cc1ccc(CCC(=O)N2CCN(C(=O)c3ccc(C)cc3)CC2)cc1. The van der Waals surface area contributed by atoms with Crippen LogP contribution in [0.25, 0.3) is 0 Å². The van der Waals surface area contributed by atoms with Gasteiger partial charge < -0.3 is 9.80 Å². The van der Waals surface area contributed by atoms with Gasteiger partial charge in [-0.15, -0.1) is 0 Å². The van der Waals surface area contributed by atoms with E-state index < -0.39 is 0 Å². The zero-order chi connectivity index (χ0) is 18.5. The lowest BCUT2D eigenvalue weighted by atomic mass is 10.1. The Bertz CT molecular complexity index is 758. The molecule has 0 N–H and O–H groups in total. The highest BCUT2D eigenvalue weighted by Gasteiger charge is 2.24. The van der Waals surface area contributed by atoms with Crippen molar-refractivity contribution >= 4 is 11.8 Å². The van der Waals surface area contributed by atoms with Crippen molar-refractivity contribution in [1.29, 1.82) is 0 Å². The second kappa shape index (κ2) is 8.17. The predicted molar refractivity (Wildman–Crippen MR) is 103 cm³/mol. The van der Waals surface area contributed by atoms with E-state index in [-0.39, 0.29) is 11.8 Å². The summed E-state index contributed by atoms with van der Waals surface area (Å²) in [6.45, 7) is 6.50. The average Bonchev–Trinajstić information content (AvgIpc) is 2.67. The van der Waals surface area contributed by atoms with E-state index in [9.17, 15) is 9.59 Å². The molecule has 0 unspecified atom stereocenters.